The van der Waals surface area contributed by atoms with Crippen molar-refractivity contribution in [2.45, 2.75) is 33.3 Å². The van der Waals surface area contributed by atoms with E-state index in [2.05, 4.69) is 34.8 Å². The molecule has 0 fully saturated rings. The average molecular weight is 520 g/mol. The first kappa shape index (κ1) is 23.8. The van der Waals surface area contributed by atoms with E-state index >= 15 is 0 Å². The molecule has 0 atom stereocenters. The Morgan fingerprint density at radius 3 is 2.38 bits per heavy atom. The largest absolute Gasteiger partial charge is 0.490 e. The Bertz CT molecular complexity index is 1230. The Morgan fingerprint density at radius 1 is 0.971 bits per heavy atom. The number of ether oxygens (including phenoxy) is 3. The summed E-state index contributed by atoms with van der Waals surface area (Å²) in [5, 5.41) is 0. The van der Waals surface area contributed by atoms with E-state index in [1.807, 2.05) is 73.7 Å². The number of cyclic esters (lactones) is 1. The number of nitrogens with zero attached hydrogens (tertiary/aromatic N) is 1. The molecule has 1 aliphatic heterocycles. The fourth-order valence-corrected chi connectivity index (χ4v) is 3.71. The maximum absolute atomic E-state index is 12.4. The van der Waals surface area contributed by atoms with Crippen molar-refractivity contribution in [1.82, 2.24) is 0 Å². The first-order valence-corrected chi connectivity index (χ1v) is 12.0. The van der Waals surface area contributed by atoms with E-state index in [1.165, 1.54) is 5.56 Å². The van der Waals surface area contributed by atoms with Gasteiger partial charge >= 0.3 is 5.97 Å². The van der Waals surface area contributed by atoms with Gasteiger partial charge in [-0.2, -0.15) is 0 Å². The highest BCUT2D eigenvalue weighted by Gasteiger charge is 2.24. The molecule has 5 nitrogen and oxygen atoms in total. The van der Waals surface area contributed by atoms with Gasteiger partial charge in [0.05, 0.1) is 6.61 Å². The van der Waals surface area contributed by atoms with Crippen LogP contribution in [-0.2, 0) is 16.1 Å². The van der Waals surface area contributed by atoms with Gasteiger partial charge in [0.25, 0.3) is 0 Å². The van der Waals surface area contributed by atoms with E-state index in [0.29, 0.717) is 36.5 Å². The molecule has 0 aromatic heterocycles. The van der Waals surface area contributed by atoms with Crippen molar-refractivity contribution in [3.8, 4) is 11.5 Å². The molecule has 0 radical (unpaired) electrons. The summed E-state index contributed by atoms with van der Waals surface area (Å²) >= 11 is 3.44. The molecule has 0 spiro atoms. The molecule has 4 rings (SSSR count). The van der Waals surface area contributed by atoms with Crippen LogP contribution in [0, 0.1) is 0 Å². The third kappa shape index (κ3) is 5.75. The summed E-state index contributed by atoms with van der Waals surface area (Å²) in [6, 6.07) is 21.4. The number of halogens is 1. The number of aliphatic imine (C=N–C) groups is 1. The molecule has 0 amide bonds. The van der Waals surface area contributed by atoms with Crippen molar-refractivity contribution >= 4 is 33.9 Å². The summed E-state index contributed by atoms with van der Waals surface area (Å²) in [6.07, 6.45) is 1.69. The zero-order chi connectivity index (χ0) is 24.1. The van der Waals surface area contributed by atoms with Crippen molar-refractivity contribution in [1.29, 1.82) is 0 Å². The summed E-state index contributed by atoms with van der Waals surface area (Å²) in [5.41, 5.74) is 4.05. The highest BCUT2D eigenvalue weighted by Crippen LogP contribution is 2.31. The molecule has 6 heteroatoms. The summed E-state index contributed by atoms with van der Waals surface area (Å²) < 4.78 is 18.2. The maximum atomic E-state index is 12.4. The molecule has 34 heavy (non-hydrogen) atoms. The Kier molecular flexibility index (Phi) is 7.48. The lowest BCUT2D eigenvalue weighted by Crippen LogP contribution is -2.05. The summed E-state index contributed by atoms with van der Waals surface area (Å²) in [6.45, 7) is 7.10. The maximum Gasteiger partial charge on any atom is 0.363 e. The predicted octanol–water partition coefficient (Wildman–Crippen LogP) is 6.89. The van der Waals surface area contributed by atoms with E-state index in [1.54, 1.807) is 6.08 Å². The summed E-state index contributed by atoms with van der Waals surface area (Å²) in [5.74, 6) is 1.51. The zero-order valence-corrected chi connectivity index (χ0v) is 21.0. The Labute approximate surface area is 208 Å². The number of carbonyl (C=O) groups is 1. The molecular weight excluding hydrogens is 494 g/mol. The van der Waals surface area contributed by atoms with Crippen LogP contribution in [0.5, 0.6) is 11.5 Å². The molecular formula is C28H26BrNO4. The second-order valence-corrected chi connectivity index (χ2v) is 9.08. The van der Waals surface area contributed by atoms with Crippen LogP contribution in [0.3, 0.4) is 0 Å². The number of hydrogen-bond acceptors (Lipinski definition) is 5. The van der Waals surface area contributed by atoms with Gasteiger partial charge in [-0.1, -0.05) is 60.1 Å². The topological polar surface area (TPSA) is 57.1 Å². The lowest BCUT2D eigenvalue weighted by atomic mass is 10.0. The van der Waals surface area contributed by atoms with Gasteiger partial charge in [0.1, 0.15) is 6.61 Å². The first-order valence-electron chi connectivity index (χ1n) is 11.2. The smallest absolute Gasteiger partial charge is 0.363 e. The van der Waals surface area contributed by atoms with E-state index < -0.39 is 5.97 Å². The van der Waals surface area contributed by atoms with E-state index in [0.717, 1.165) is 21.2 Å². The average Bonchev–Trinajstić information content (AvgIpc) is 3.20. The van der Waals surface area contributed by atoms with Crippen molar-refractivity contribution in [2.75, 3.05) is 6.61 Å². The lowest BCUT2D eigenvalue weighted by molar-refractivity contribution is -0.129. The quantitative estimate of drug-likeness (QED) is 0.240. The molecule has 0 saturated carbocycles. The fourth-order valence-electron chi connectivity index (χ4n) is 3.44. The second kappa shape index (κ2) is 10.7. The van der Waals surface area contributed by atoms with Crippen LogP contribution in [0.15, 0.2) is 81.9 Å². The van der Waals surface area contributed by atoms with Crippen LogP contribution < -0.4 is 9.47 Å². The molecule has 0 N–H and O–H groups in total. The van der Waals surface area contributed by atoms with Crippen molar-refractivity contribution in [3.05, 3.63) is 99.2 Å². The van der Waals surface area contributed by atoms with Crippen LogP contribution in [-0.4, -0.2) is 18.5 Å². The highest BCUT2D eigenvalue weighted by molar-refractivity contribution is 9.10. The molecule has 174 valence electrons. The van der Waals surface area contributed by atoms with Crippen molar-refractivity contribution in [3.63, 3.8) is 0 Å². The second-order valence-electron chi connectivity index (χ2n) is 8.17. The van der Waals surface area contributed by atoms with Crippen LogP contribution in [0.4, 0.5) is 0 Å². The number of hydrogen-bond donors (Lipinski definition) is 0. The third-order valence-electron chi connectivity index (χ3n) is 5.32. The SMILES string of the molecule is CCOc1cc(/C=C2\N=C(c3ccc(C(C)C)cc3)OC2=O)ccc1OCc1ccc(Br)cc1. The van der Waals surface area contributed by atoms with Gasteiger partial charge in [0.15, 0.2) is 17.2 Å². The summed E-state index contributed by atoms with van der Waals surface area (Å²) in [4.78, 5) is 16.9. The van der Waals surface area contributed by atoms with Crippen LogP contribution in [0.2, 0.25) is 0 Å². The van der Waals surface area contributed by atoms with Crippen LogP contribution >= 0.6 is 15.9 Å². The van der Waals surface area contributed by atoms with Crippen LogP contribution in [0.25, 0.3) is 6.08 Å². The van der Waals surface area contributed by atoms with Gasteiger partial charge in [-0.15, -0.1) is 0 Å². The zero-order valence-electron chi connectivity index (χ0n) is 19.4. The van der Waals surface area contributed by atoms with Crippen molar-refractivity contribution < 1.29 is 19.0 Å². The van der Waals surface area contributed by atoms with Gasteiger partial charge < -0.3 is 14.2 Å². The van der Waals surface area contributed by atoms with E-state index in [4.69, 9.17) is 14.2 Å². The van der Waals surface area contributed by atoms with Gasteiger partial charge in [-0.3, -0.25) is 0 Å². The lowest BCUT2D eigenvalue weighted by Gasteiger charge is -2.13. The number of carbonyl (C=O) groups excluding carboxylic acids is 1. The van der Waals surface area contributed by atoms with E-state index in [-0.39, 0.29) is 5.70 Å². The van der Waals surface area contributed by atoms with Gasteiger partial charge in [-0.25, -0.2) is 9.79 Å². The Morgan fingerprint density at radius 2 is 1.71 bits per heavy atom. The van der Waals surface area contributed by atoms with Gasteiger partial charge in [-0.05, 0) is 72.0 Å². The molecule has 3 aromatic rings. The molecule has 1 heterocycles. The predicted molar refractivity (Wildman–Crippen MR) is 137 cm³/mol. The molecule has 0 aliphatic carbocycles. The van der Waals surface area contributed by atoms with E-state index in [9.17, 15) is 4.79 Å². The molecule has 0 unspecified atom stereocenters. The molecule has 0 saturated heterocycles. The monoisotopic (exact) mass is 519 g/mol. The highest BCUT2D eigenvalue weighted by atomic mass is 79.9. The Balaban J connectivity index is 1.53. The summed E-state index contributed by atoms with van der Waals surface area (Å²) in [7, 11) is 0. The fraction of sp³-hybridized carbons (Fsp3) is 0.214. The molecule has 1 aliphatic rings. The minimum atomic E-state index is -0.475. The molecule has 0 bridgehead atoms. The normalized spacial score (nSPS) is 14.3. The first-order chi connectivity index (χ1) is 16.4. The van der Waals surface area contributed by atoms with Crippen molar-refractivity contribution in [2.24, 2.45) is 4.99 Å². The minimum Gasteiger partial charge on any atom is -0.490 e. The minimum absolute atomic E-state index is 0.244. The standard InChI is InChI=1S/C28H26BrNO4/c1-4-32-26-16-20(7-14-25(26)33-17-19-5-12-23(29)13-6-19)15-24-28(31)34-27(30-24)22-10-8-21(9-11-22)18(2)3/h5-16,18H,4,17H2,1-3H3/b24-15-. The number of esters is 1. The molecule has 3 aromatic carbocycles. The van der Waals surface area contributed by atoms with Crippen LogP contribution in [0.1, 0.15) is 48.9 Å². The third-order valence-corrected chi connectivity index (χ3v) is 5.85. The Hall–Kier alpha value is -3.38. The number of rotatable bonds is 8. The van der Waals surface area contributed by atoms with Gasteiger partial charge in [0, 0.05) is 10.0 Å². The number of benzene rings is 3. The van der Waals surface area contributed by atoms with Gasteiger partial charge in [0.2, 0.25) is 5.90 Å².